The third-order valence-corrected chi connectivity index (χ3v) is 4.03. The Morgan fingerprint density at radius 1 is 1.10 bits per heavy atom. The van der Waals surface area contributed by atoms with Crippen LogP contribution in [0.25, 0.3) is 0 Å². The lowest BCUT2D eigenvalue weighted by atomic mass is 10.1. The minimum atomic E-state index is -4.57. The standard InChI is InChI=1S/C20H22F3N3O4/c1-4-24-18(27)11-30-15-7-5-13(9-16(15)29-3)10-25-19(28)14-6-8-17(20(21,22)23)26-12(14)2/h5-9H,4,10-11H2,1-3H3,(H,24,27)(H,25,28). The molecule has 2 rings (SSSR count). The monoisotopic (exact) mass is 425 g/mol. The van der Waals surface area contributed by atoms with Crippen LogP contribution >= 0.6 is 0 Å². The summed E-state index contributed by atoms with van der Waals surface area (Å²) < 4.78 is 48.8. The molecule has 7 nitrogen and oxygen atoms in total. The molecule has 0 bridgehead atoms. The summed E-state index contributed by atoms with van der Waals surface area (Å²) in [4.78, 5) is 27.3. The van der Waals surface area contributed by atoms with Gasteiger partial charge in [0.05, 0.1) is 18.4 Å². The van der Waals surface area contributed by atoms with E-state index in [1.54, 1.807) is 25.1 Å². The van der Waals surface area contributed by atoms with Gasteiger partial charge in [-0.25, -0.2) is 4.98 Å². The average molecular weight is 425 g/mol. The molecule has 30 heavy (non-hydrogen) atoms. The molecule has 0 saturated carbocycles. The Hall–Kier alpha value is -3.30. The van der Waals surface area contributed by atoms with Gasteiger partial charge < -0.3 is 20.1 Å². The summed E-state index contributed by atoms with van der Waals surface area (Å²) in [6.07, 6.45) is -4.57. The third-order valence-electron chi connectivity index (χ3n) is 4.03. The Morgan fingerprint density at radius 3 is 2.43 bits per heavy atom. The first-order valence-electron chi connectivity index (χ1n) is 9.05. The lowest BCUT2D eigenvalue weighted by Gasteiger charge is -2.13. The van der Waals surface area contributed by atoms with E-state index in [0.29, 0.717) is 23.6 Å². The molecule has 1 aromatic carbocycles. The van der Waals surface area contributed by atoms with Gasteiger partial charge in [-0.2, -0.15) is 13.2 Å². The number of hydrogen-bond donors (Lipinski definition) is 2. The highest BCUT2D eigenvalue weighted by Gasteiger charge is 2.33. The molecule has 162 valence electrons. The first-order chi connectivity index (χ1) is 14.2. The van der Waals surface area contributed by atoms with E-state index in [1.807, 2.05) is 0 Å². The number of aromatic nitrogens is 1. The lowest BCUT2D eigenvalue weighted by molar-refractivity contribution is -0.141. The summed E-state index contributed by atoms with van der Waals surface area (Å²) in [6, 6.07) is 6.77. The van der Waals surface area contributed by atoms with Crippen LogP contribution in [0.5, 0.6) is 11.5 Å². The second-order valence-corrected chi connectivity index (χ2v) is 6.24. The summed E-state index contributed by atoms with van der Waals surface area (Å²) in [5.74, 6) is -0.0827. The fourth-order valence-electron chi connectivity index (χ4n) is 2.57. The Balaban J connectivity index is 2.03. The second-order valence-electron chi connectivity index (χ2n) is 6.24. The van der Waals surface area contributed by atoms with Crippen molar-refractivity contribution in [1.29, 1.82) is 0 Å². The number of nitrogens with zero attached hydrogens (tertiary/aromatic N) is 1. The molecule has 2 aromatic rings. The van der Waals surface area contributed by atoms with Crippen LogP contribution in [-0.4, -0.2) is 37.1 Å². The first-order valence-corrected chi connectivity index (χ1v) is 9.05. The van der Waals surface area contributed by atoms with Crippen molar-refractivity contribution in [2.45, 2.75) is 26.6 Å². The van der Waals surface area contributed by atoms with Gasteiger partial charge in [0.15, 0.2) is 18.1 Å². The van der Waals surface area contributed by atoms with Gasteiger partial charge in [0.25, 0.3) is 11.8 Å². The molecule has 1 heterocycles. The number of rotatable bonds is 8. The van der Waals surface area contributed by atoms with Crippen LogP contribution in [0.3, 0.4) is 0 Å². The maximum atomic E-state index is 12.7. The number of aryl methyl sites for hydroxylation is 1. The molecule has 2 N–H and O–H groups in total. The van der Waals surface area contributed by atoms with Crippen molar-refractivity contribution < 1.29 is 32.2 Å². The van der Waals surface area contributed by atoms with Crippen molar-refractivity contribution in [1.82, 2.24) is 15.6 Å². The van der Waals surface area contributed by atoms with Gasteiger partial charge in [-0.3, -0.25) is 9.59 Å². The maximum absolute atomic E-state index is 12.7. The first kappa shape index (κ1) is 23.0. The van der Waals surface area contributed by atoms with Gasteiger partial charge in [-0.15, -0.1) is 0 Å². The molecule has 0 saturated heterocycles. The van der Waals surface area contributed by atoms with Crippen molar-refractivity contribution in [2.75, 3.05) is 20.3 Å². The van der Waals surface area contributed by atoms with E-state index in [-0.39, 0.29) is 30.3 Å². The van der Waals surface area contributed by atoms with Crippen molar-refractivity contribution in [3.8, 4) is 11.5 Å². The van der Waals surface area contributed by atoms with E-state index in [4.69, 9.17) is 9.47 Å². The van der Waals surface area contributed by atoms with E-state index in [9.17, 15) is 22.8 Å². The van der Waals surface area contributed by atoms with Crippen LogP contribution < -0.4 is 20.1 Å². The molecule has 0 aliphatic heterocycles. The molecule has 0 fully saturated rings. The normalized spacial score (nSPS) is 11.0. The number of pyridine rings is 1. The summed E-state index contributed by atoms with van der Waals surface area (Å²) in [5.41, 5.74) is -0.349. The zero-order valence-corrected chi connectivity index (χ0v) is 16.7. The molecule has 0 unspecified atom stereocenters. The number of methoxy groups -OCH3 is 1. The zero-order chi connectivity index (χ0) is 22.3. The predicted octanol–water partition coefficient (Wildman–Crippen LogP) is 2.86. The molecule has 0 spiro atoms. The van der Waals surface area contributed by atoms with Gasteiger partial charge in [-0.1, -0.05) is 6.07 Å². The summed E-state index contributed by atoms with van der Waals surface area (Å²) in [6.45, 7) is 3.57. The summed E-state index contributed by atoms with van der Waals surface area (Å²) in [5, 5.41) is 5.24. The number of benzene rings is 1. The van der Waals surface area contributed by atoms with Crippen LogP contribution in [0.2, 0.25) is 0 Å². The Morgan fingerprint density at radius 2 is 1.83 bits per heavy atom. The molecule has 0 atom stereocenters. The van der Waals surface area contributed by atoms with Gasteiger partial charge >= 0.3 is 6.18 Å². The fourth-order valence-corrected chi connectivity index (χ4v) is 2.57. The number of halogens is 3. The number of carbonyl (C=O) groups excluding carboxylic acids is 2. The highest BCUT2D eigenvalue weighted by molar-refractivity contribution is 5.95. The van der Waals surface area contributed by atoms with Gasteiger partial charge in [-0.05, 0) is 43.7 Å². The smallest absolute Gasteiger partial charge is 0.433 e. The number of carbonyl (C=O) groups is 2. The highest BCUT2D eigenvalue weighted by Crippen LogP contribution is 2.29. The maximum Gasteiger partial charge on any atom is 0.433 e. The number of ether oxygens (including phenoxy) is 2. The molecular formula is C20H22F3N3O4. The van der Waals surface area contributed by atoms with Gasteiger partial charge in [0.2, 0.25) is 0 Å². The number of likely N-dealkylation sites (N-methyl/N-ethyl adjacent to an activating group) is 1. The molecule has 0 aliphatic rings. The molecule has 0 aliphatic carbocycles. The average Bonchev–Trinajstić information content (AvgIpc) is 2.70. The Kier molecular flexibility index (Phi) is 7.62. The Labute approximate surface area is 171 Å². The number of nitrogens with one attached hydrogen (secondary N) is 2. The topological polar surface area (TPSA) is 89.6 Å². The van der Waals surface area contributed by atoms with Crippen LogP contribution in [0.1, 0.15) is 34.2 Å². The number of amides is 2. The SMILES string of the molecule is CCNC(=O)COc1ccc(CNC(=O)c2ccc(C(F)(F)F)nc2C)cc1OC. The predicted molar refractivity (Wildman–Crippen MR) is 102 cm³/mol. The highest BCUT2D eigenvalue weighted by atomic mass is 19.4. The van der Waals surface area contributed by atoms with E-state index < -0.39 is 17.8 Å². The minimum absolute atomic E-state index is 0.0194. The fraction of sp³-hybridized carbons (Fsp3) is 0.350. The molecule has 2 amide bonds. The summed E-state index contributed by atoms with van der Waals surface area (Å²) in [7, 11) is 1.44. The molecule has 1 aromatic heterocycles. The minimum Gasteiger partial charge on any atom is -0.493 e. The van der Waals surface area contributed by atoms with Crippen LogP contribution in [0.4, 0.5) is 13.2 Å². The van der Waals surface area contributed by atoms with Crippen LogP contribution in [0.15, 0.2) is 30.3 Å². The molecule has 0 radical (unpaired) electrons. The van der Waals surface area contributed by atoms with Crippen molar-refractivity contribution in [3.05, 3.63) is 52.8 Å². The van der Waals surface area contributed by atoms with Crippen LogP contribution in [0, 0.1) is 6.92 Å². The van der Waals surface area contributed by atoms with E-state index >= 15 is 0 Å². The Bertz CT molecular complexity index is 917. The third kappa shape index (κ3) is 6.10. The summed E-state index contributed by atoms with van der Waals surface area (Å²) >= 11 is 0. The molecule has 10 heteroatoms. The lowest BCUT2D eigenvalue weighted by Crippen LogP contribution is -2.28. The van der Waals surface area contributed by atoms with Crippen molar-refractivity contribution >= 4 is 11.8 Å². The van der Waals surface area contributed by atoms with Crippen molar-refractivity contribution in [3.63, 3.8) is 0 Å². The molecular weight excluding hydrogens is 403 g/mol. The largest absolute Gasteiger partial charge is 0.493 e. The quantitative estimate of drug-likeness (QED) is 0.679. The number of hydrogen-bond acceptors (Lipinski definition) is 5. The van der Waals surface area contributed by atoms with E-state index in [2.05, 4.69) is 15.6 Å². The van der Waals surface area contributed by atoms with Crippen molar-refractivity contribution in [2.24, 2.45) is 0 Å². The van der Waals surface area contributed by atoms with Gasteiger partial charge in [0, 0.05) is 13.1 Å². The zero-order valence-electron chi connectivity index (χ0n) is 16.7. The number of alkyl halides is 3. The second kappa shape index (κ2) is 9.95. The van der Waals surface area contributed by atoms with Crippen LogP contribution in [-0.2, 0) is 17.5 Å². The van der Waals surface area contributed by atoms with E-state index in [1.165, 1.54) is 14.0 Å². The van der Waals surface area contributed by atoms with E-state index in [0.717, 1.165) is 12.1 Å². The van der Waals surface area contributed by atoms with Gasteiger partial charge in [0.1, 0.15) is 5.69 Å².